The molecule has 0 saturated carbocycles. The zero-order valence-electron chi connectivity index (χ0n) is 16.3. The van der Waals surface area contributed by atoms with Crippen molar-refractivity contribution in [3.05, 3.63) is 41.4 Å². The Morgan fingerprint density at radius 2 is 1.83 bits per heavy atom. The van der Waals surface area contributed by atoms with Crippen LogP contribution in [0.5, 0.6) is 0 Å². The highest BCUT2D eigenvalue weighted by molar-refractivity contribution is 7.91. The van der Waals surface area contributed by atoms with Gasteiger partial charge in [0, 0.05) is 44.5 Å². The topological polar surface area (TPSA) is 99.6 Å². The van der Waals surface area contributed by atoms with Crippen molar-refractivity contribution in [2.45, 2.75) is 23.5 Å². The van der Waals surface area contributed by atoms with Crippen molar-refractivity contribution in [2.75, 3.05) is 32.4 Å². The second kappa shape index (κ2) is 7.95. The molecule has 0 aromatic heterocycles. The smallest absolute Gasteiger partial charge is 0.407 e. The van der Waals surface area contributed by atoms with Crippen LogP contribution in [0.1, 0.15) is 12.8 Å². The van der Waals surface area contributed by atoms with Crippen LogP contribution in [-0.4, -0.2) is 73.0 Å². The number of nitrogens with zero attached hydrogens (tertiary/aromatic N) is 3. The lowest BCUT2D eigenvalue weighted by Gasteiger charge is -2.39. The minimum absolute atomic E-state index is 0.0817. The van der Waals surface area contributed by atoms with Gasteiger partial charge in [0.15, 0.2) is 15.6 Å². The number of benzene rings is 2. The van der Waals surface area contributed by atoms with Crippen LogP contribution in [0.3, 0.4) is 0 Å². The summed E-state index contributed by atoms with van der Waals surface area (Å²) in [4.78, 5) is 24.0. The third-order valence-electron chi connectivity index (χ3n) is 5.48. The number of piperidine rings is 1. The summed E-state index contributed by atoms with van der Waals surface area (Å²) >= 11 is 5.99. The predicted molar refractivity (Wildman–Crippen MR) is 109 cm³/mol. The SMILES string of the molecule is CN1ON(CCS(=O)(=O)c2ccc3cc(Cl)ccc3c2)C2(CCN(C(=O)O)CC2)O1. The predicted octanol–water partition coefficient (Wildman–Crippen LogP) is 2.76. The van der Waals surface area contributed by atoms with Crippen LogP contribution in [0.2, 0.25) is 5.02 Å². The van der Waals surface area contributed by atoms with Gasteiger partial charge in [-0.05, 0) is 40.3 Å². The number of halogens is 1. The Labute approximate surface area is 179 Å². The van der Waals surface area contributed by atoms with Gasteiger partial charge >= 0.3 is 6.09 Å². The zero-order valence-corrected chi connectivity index (χ0v) is 17.9. The van der Waals surface area contributed by atoms with Crippen LogP contribution in [-0.2, 0) is 19.6 Å². The van der Waals surface area contributed by atoms with Gasteiger partial charge in [-0.3, -0.25) is 0 Å². The summed E-state index contributed by atoms with van der Waals surface area (Å²) in [6, 6.07) is 10.2. The van der Waals surface area contributed by atoms with Gasteiger partial charge in [0.1, 0.15) is 0 Å². The molecule has 2 saturated heterocycles. The van der Waals surface area contributed by atoms with Crippen molar-refractivity contribution in [2.24, 2.45) is 0 Å². The molecule has 1 N–H and O–H groups in total. The first-order chi connectivity index (χ1) is 14.2. The molecule has 30 heavy (non-hydrogen) atoms. The zero-order chi connectivity index (χ0) is 21.5. The molecule has 2 fully saturated rings. The first-order valence-corrected chi connectivity index (χ1v) is 11.5. The molecule has 9 nitrogen and oxygen atoms in total. The maximum atomic E-state index is 12.9. The summed E-state index contributed by atoms with van der Waals surface area (Å²) in [5.74, 6) is -0.173. The van der Waals surface area contributed by atoms with E-state index in [1.54, 1.807) is 43.4 Å². The first-order valence-electron chi connectivity index (χ1n) is 9.47. The van der Waals surface area contributed by atoms with E-state index in [4.69, 9.17) is 26.5 Å². The van der Waals surface area contributed by atoms with Gasteiger partial charge in [0.2, 0.25) is 0 Å². The van der Waals surface area contributed by atoms with E-state index in [1.165, 1.54) is 15.2 Å². The number of carboxylic acid groups (broad SMARTS) is 1. The molecule has 162 valence electrons. The van der Waals surface area contributed by atoms with E-state index in [9.17, 15) is 13.2 Å². The third kappa shape index (κ3) is 4.11. The molecule has 2 aromatic rings. The number of fused-ring (bicyclic) bond motifs is 1. The summed E-state index contributed by atoms with van der Waals surface area (Å²) in [6.45, 7) is 0.643. The van der Waals surface area contributed by atoms with E-state index >= 15 is 0 Å². The largest absolute Gasteiger partial charge is 0.465 e. The van der Waals surface area contributed by atoms with Crippen molar-refractivity contribution >= 4 is 38.3 Å². The summed E-state index contributed by atoms with van der Waals surface area (Å²) in [6.07, 6.45) is -0.232. The van der Waals surface area contributed by atoms with E-state index in [0.29, 0.717) is 17.9 Å². The van der Waals surface area contributed by atoms with Crippen LogP contribution in [0.4, 0.5) is 4.79 Å². The van der Waals surface area contributed by atoms with Gasteiger partial charge in [-0.2, -0.15) is 4.94 Å². The third-order valence-corrected chi connectivity index (χ3v) is 7.41. The summed E-state index contributed by atoms with van der Waals surface area (Å²) in [5.41, 5.74) is -0.879. The molecule has 11 heteroatoms. The minimum atomic E-state index is -3.58. The highest BCUT2D eigenvalue weighted by Gasteiger charge is 2.50. The molecule has 2 aliphatic heterocycles. The average Bonchev–Trinajstić information content (AvgIpc) is 3.01. The van der Waals surface area contributed by atoms with Crippen molar-refractivity contribution in [3.63, 3.8) is 0 Å². The summed E-state index contributed by atoms with van der Waals surface area (Å²) in [5, 5.41) is 14.1. The standard InChI is InChI=1S/C19H22ClN3O6S/c1-21-28-19(6-8-22(9-7-19)18(24)25)23(29-21)10-11-30(26,27)17-5-3-14-12-16(20)4-2-15(14)13-17/h2-5,12-13H,6-11H2,1H3,(H,24,25). The first kappa shape index (κ1) is 21.3. The molecule has 4 rings (SSSR count). The van der Waals surface area contributed by atoms with Crippen molar-refractivity contribution in [3.8, 4) is 0 Å². The molecule has 2 aliphatic rings. The van der Waals surface area contributed by atoms with E-state index in [1.807, 2.05) is 0 Å². The Hall–Kier alpha value is -1.95. The van der Waals surface area contributed by atoms with Crippen LogP contribution < -0.4 is 0 Å². The molecule has 0 radical (unpaired) electrons. The lowest BCUT2D eigenvalue weighted by molar-refractivity contribution is -0.338. The molecule has 0 bridgehead atoms. The molecule has 0 unspecified atom stereocenters. The summed E-state index contributed by atoms with van der Waals surface area (Å²) in [7, 11) is -2.00. The van der Waals surface area contributed by atoms with Crippen LogP contribution in [0.15, 0.2) is 41.3 Å². The van der Waals surface area contributed by atoms with E-state index in [2.05, 4.69) is 0 Å². The van der Waals surface area contributed by atoms with Crippen LogP contribution in [0, 0.1) is 0 Å². The molecule has 1 amide bonds. The number of rotatable bonds is 4. The molecule has 0 atom stereocenters. The lowest BCUT2D eigenvalue weighted by Crippen LogP contribution is -2.54. The lowest BCUT2D eigenvalue weighted by atomic mass is 10.0. The second-order valence-electron chi connectivity index (χ2n) is 7.40. The van der Waals surface area contributed by atoms with Crippen LogP contribution >= 0.6 is 11.6 Å². The fraction of sp³-hybridized carbons (Fsp3) is 0.421. The van der Waals surface area contributed by atoms with Gasteiger partial charge in [0.05, 0.1) is 10.6 Å². The Morgan fingerprint density at radius 3 is 2.53 bits per heavy atom. The summed E-state index contributed by atoms with van der Waals surface area (Å²) < 4.78 is 25.9. The molecule has 0 aliphatic carbocycles. The fourth-order valence-electron chi connectivity index (χ4n) is 3.86. The fourth-order valence-corrected chi connectivity index (χ4v) is 5.26. The minimum Gasteiger partial charge on any atom is -0.465 e. The second-order valence-corrected chi connectivity index (χ2v) is 9.95. The number of carbonyl (C=O) groups is 1. The number of hydroxylamine groups is 4. The Morgan fingerprint density at radius 1 is 1.17 bits per heavy atom. The van der Waals surface area contributed by atoms with E-state index in [0.717, 1.165) is 10.8 Å². The molecule has 1 spiro atoms. The molecule has 2 heterocycles. The maximum absolute atomic E-state index is 12.9. The van der Waals surface area contributed by atoms with Crippen molar-refractivity contribution in [1.82, 2.24) is 15.2 Å². The van der Waals surface area contributed by atoms with E-state index in [-0.39, 0.29) is 30.3 Å². The number of amides is 1. The number of sulfone groups is 1. The molecular formula is C19H22ClN3O6S. The van der Waals surface area contributed by atoms with Gasteiger partial charge in [0.25, 0.3) is 0 Å². The van der Waals surface area contributed by atoms with Gasteiger partial charge < -0.3 is 10.0 Å². The highest BCUT2D eigenvalue weighted by Crippen LogP contribution is 2.36. The number of hydrogen-bond donors (Lipinski definition) is 1. The van der Waals surface area contributed by atoms with Gasteiger partial charge in [-0.15, -0.1) is 5.06 Å². The quantitative estimate of drug-likeness (QED) is 0.751. The number of likely N-dealkylation sites (tertiary alicyclic amines) is 1. The maximum Gasteiger partial charge on any atom is 0.407 e. The van der Waals surface area contributed by atoms with Crippen LogP contribution in [0.25, 0.3) is 10.8 Å². The Bertz CT molecular complexity index is 1070. The Balaban J connectivity index is 1.48. The molecular weight excluding hydrogens is 434 g/mol. The van der Waals surface area contributed by atoms with Gasteiger partial charge in [-0.25, -0.2) is 18.0 Å². The monoisotopic (exact) mass is 455 g/mol. The number of hydrogen-bond acceptors (Lipinski definition) is 7. The van der Waals surface area contributed by atoms with Gasteiger partial charge in [-0.1, -0.05) is 23.7 Å². The molecule has 2 aromatic carbocycles. The van der Waals surface area contributed by atoms with Crippen molar-refractivity contribution in [1.29, 1.82) is 0 Å². The normalized spacial score (nSPS) is 20.3. The van der Waals surface area contributed by atoms with E-state index < -0.39 is 21.7 Å². The Kier molecular flexibility index (Phi) is 5.64. The van der Waals surface area contributed by atoms with Crippen molar-refractivity contribution < 1.29 is 28.1 Å². The average molecular weight is 456 g/mol. The highest BCUT2D eigenvalue weighted by atomic mass is 35.5.